The number of hydrogen-bond acceptors (Lipinski definition) is 4. The molecule has 0 aliphatic rings. The van der Waals surface area contributed by atoms with E-state index in [-0.39, 0.29) is 5.78 Å². The average molecular weight is 374 g/mol. The van der Waals surface area contributed by atoms with Crippen LogP contribution < -0.4 is 14.2 Å². The Morgan fingerprint density at radius 1 is 0.857 bits per heavy atom. The molecule has 3 aromatic carbocycles. The van der Waals surface area contributed by atoms with Crippen LogP contribution in [0.1, 0.15) is 21.5 Å². The van der Waals surface area contributed by atoms with Crippen molar-refractivity contribution in [3.05, 3.63) is 95.6 Å². The van der Waals surface area contributed by atoms with E-state index in [4.69, 9.17) is 14.2 Å². The Hall–Kier alpha value is -3.53. The number of hydrogen-bond donors (Lipinski definition) is 0. The third kappa shape index (κ3) is 5.01. The van der Waals surface area contributed by atoms with Gasteiger partial charge in [-0.3, -0.25) is 4.79 Å². The van der Waals surface area contributed by atoms with Crippen molar-refractivity contribution >= 4 is 11.9 Å². The lowest BCUT2D eigenvalue weighted by atomic mass is 10.1. The second kappa shape index (κ2) is 9.42. The first-order valence-electron chi connectivity index (χ1n) is 8.91. The molecule has 0 unspecified atom stereocenters. The van der Waals surface area contributed by atoms with Crippen molar-refractivity contribution in [1.82, 2.24) is 0 Å². The number of methoxy groups -OCH3 is 2. The molecule has 4 heteroatoms. The van der Waals surface area contributed by atoms with E-state index < -0.39 is 0 Å². The number of carbonyl (C=O) groups excluding carboxylic acids is 1. The largest absolute Gasteiger partial charge is 0.497 e. The Balaban J connectivity index is 1.78. The average Bonchev–Trinajstić information content (AvgIpc) is 2.76. The lowest BCUT2D eigenvalue weighted by Crippen LogP contribution is -2.03. The molecule has 0 N–H and O–H groups in total. The summed E-state index contributed by atoms with van der Waals surface area (Å²) in [5.74, 6) is 1.77. The van der Waals surface area contributed by atoms with Gasteiger partial charge in [-0.15, -0.1) is 0 Å². The third-order valence-corrected chi connectivity index (χ3v) is 4.23. The zero-order chi connectivity index (χ0) is 19.8. The number of benzene rings is 3. The summed E-state index contributed by atoms with van der Waals surface area (Å²) in [5, 5.41) is 0. The van der Waals surface area contributed by atoms with E-state index in [1.807, 2.05) is 54.6 Å². The lowest BCUT2D eigenvalue weighted by Gasteiger charge is -2.11. The zero-order valence-corrected chi connectivity index (χ0v) is 15.9. The fourth-order valence-corrected chi connectivity index (χ4v) is 2.66. The van der Waals surface area contributed by atoms with Gasteiger partial charge in [-0.05, 0) is 41.5 Å². The quantitative estimate of drug-likeness (QED) is 0.403. The summed E-state index contributed by atoms with van der Waals surface area (Å²) in [6, 6.07) is 22.5. The van der Waals surface area contributed by atoms with Gasteiger partial charge < -0.3 is 14.2 Å². The second-order valence-corrected chi connectivity index (χ2v) is 6.11. The Bertz CT molecular complexity index is 944. The minimum atomic E-state index is -0.137. The summed E-state index contributed by atoms with van der Waals surface area (Å²) < 4.78 is 16.3. The first-order valence-corrected chi connectivity index (χ1v) is 8.91. The first kappa shape index (κ1) is 19.2. The Kier molecular flexibility index (Phi) is 6.47. The Morgan fingerprint density at radius 3 is 2.21 bits per heavy atom. The van der Waals surface area contributed by atoms with Gasteiger partial charge in [-0.25, -0.2) is 0 Å². The van der Waals surface area contributed by atoms with Gasteiger partial charge in [0.15, 0.2) is 5.78 Å². The summed E-state index contributed by atoms with van der Waals surface area (Å²) in [7, 11) is 3.20. The highest BCUT2D eigenvalue weighted by Gasteiger charge is 2.12. The minimum Gasteiger partial charge on any atom is -0.497 e. The highest BCUT2D eigenvalue weighted by molar-refractivity contribution is 6.08. The van der Waals surface area contributed by atoms with Gasteiger partial charge >= 0.3 is 0 Å². The molecule has 142 valence electrons. The molecule has 0 bridgehead atoms. The predicted molar refractivity (Wildman–Crippen MR) is 110 cm³/mol. The van der Waals surface area contributed by atoms with Crippen LogP contribution in [0.25, 0.3) is 6.08 Å². The molecule has 28 heavy (non-hydrogen) atoms. The summed E-state index contributed by atoms with van der Waals surface area (Å²) in [6.45, 7) is 0.372. The highest BCUT2D eigenvalue weighted by atomic mass is 16.5. The maximum Gasteiger partial charge on any atom is 0.189 e. The fourth-order valence-electron chi connectivity index (χ4n) is 2.66. The van der Waals surface area contributed by atoms with E-state index in [2.05, 4.69) is 0 Å². The van der Waals surface area contributed by atoms with Gasteiger partial charge in [0.05, 0.1) is 19.8 Å². The monoisotopic (exact) mass is 374 g/mol. The van der Waals surface area contributed by atoms with E-state index in [0.29, 0.717) is 23.7 Å². The van der Waals surface area contributed by atoms with Crippen LogP contribution in [0, 0.1) is 0 Å². The second-order valence-electron chi connectivity index (χ2n) is 6.11. The number of carbonyl (C=O) groups is 1. The number of allylic oxidation sites excluding steroid dienone is 1. The molecule has 0 saturated carbocycles. The van der Waals surface area contributed by atoms with Crippen molar-refractivity contribution in [3.63, 3.8) is 0 Å². The van der Waals surface area contributed by atoms with E-state index in [0.717, 1.165) is 16.9 Å². The lowest BCUT2D eigenvalue weighted by molar-refractivity contribution is 0.104. The molecule has 0 heterocycles. The Labute approximate surface area is 165 Å². The van der Waals surface area contributed by atoms with Crippen molar-refractivity contribution in [2.24, 2.45) is 0 Å². The van der Waals surface area contributed by atoms with Crippen molar-refractivity contribution in [2.75, 3.05) is 14.2 Å². The predicted octanol–water partition coefficient (Wildman–Crippen LogP) is 5.18. The molecule has 0 aliphatic carbocycles. The van der Waals surface area contributed by atoms with Crippen LogP contribution in [0.4, 0.5) is 0 Å². The van der Waals surface area contributed by atoms with Crippen LogP contribution in [0.15, 0.2) is 78.9 Å². The van der Waals surface area contributed by atoms with Gasteiger partial charge in [0, 0.05) is 6.07 Å². The molecule has 0 radical (unpaired) electrons. The molecule has 0 atom stereocenters. The minimum absolute atomic E-state index is 0.137. The van der Waals surface area contributed by atoms with Crippen LogP contribution in [0.5, 0.6) is 17.2 Å². The zero-order valence-electron chi connectivity index (χ0n) is 15.9. The van der Waals surface area contributed by atoms with E-state index >= 15 is 0 Å². The standard InChI is InChI=1S/C24H22O4/c1-26-20-11-8-18(9-12-20)10-15-23(25)22-14-13-21(27-2)16-24(22)28-17-19-6-4-3-5-7-19/h3-16H,17H2,1-2H3/b15-10+. The third-order valence-electron chi connectivity index (χ3n) is 4.23. The molecular formula is C24H22O4. The summed E-state index contributed by atoms with van der Waals surface area (Å²) >= 11 is 0. The molecule has 3 aromatic rings. The molecule has 0 aliphatic heterocycles. The molecule has 0 fully saturated rings. The normalized spacial score (nSPS) is 10.6. The van der Waals surface area contributed by atoms with E-state index in [9.17, 15) is 4.79 Å². The molecule has 3 rings (SSSR count). The first-order chi connectivity index (χ1) is 13.7. The van der Waals surface area contributed by atoms with Crippen molar-refractivity contribution < 1.29 is 19.0 Å². The summed E-state index contributed by atoms with van der Waals surface area (Å²) in [5.41, 5.74) is 2.42. The van der Waals surface area contributed by atoms with Gasteiger partial charge in [0.1, 0.15) is 23.9 Å². The van der Waals surface area contributed by atoms with Gasteiger partial charge in [-0.2, -0.15) is 0 Å². The van der Waals surface area contributed by atoms with Crippen LogP contribution in [-0.4, -0.2) is 20.0 Å². The van der Waals surface area contributed by atoms with Crippen molar-refractivity contribution in [2.45, 2.75) is 6.61 Å². The smallest absolute Gasteiger partial charge is 0.189 e. The SMILES string of the molecule is COc1ccc(/C=C/C(=O)c2ccc(OC)cc2OCc2ccccc2)cc1. The van der Waals surface area contributed by atoms with Gasteiger partial charge in [-0.1, -0.05) is 48.5 Å². The highest BCUT2D eigenvalue weighted by Crippen LogP contribution is 2.27. The van der Waals surface area contributed by atoms with E-state index in [1.54, 1.807) is 44.6 Å². The van der Waals surface area contributed by atoms with E-state index in [1.165, 1.54) is 0 Å². The summed E-state index contributed by atoms with van der Waals surface area (Å²) in [6.07, 6.45) is 3.31. The molecule has 0 aromatic heterocycles. The van der Waals surface area contributed by atoms with Crippen LogP contribution in [0.2, 0.25) is 0 Å². The molecule has 4 nitrogen and oxygen atoms in total. The molecular weight excluding hydrogens is 352 g/mol. The van der Waals surface area contributed by atoms with Gasteiger partial charge in [0.2, 0.25) is 0 Å². The van der Waals surface area contributed by atoms with Crippen LogP contribution >= 0.6 is 0 Å². The number of rotatable bonds is 8. The fraction of sp³-hybridized carbons (Fsp3) is 0.125. The summed E-state index contributed by atoms with van der Waals surface area (Å²) in [4.78, 5) is 12.7. The molecule has 0 spiro atoms. The topological polar surface area (TPSA) is 44.8 Å². The molecule has 0 amide bonds. The Morgan fingerprint density at radius 2 is 1.54 bits per heavy atom. The number of ether oxygens (including phenoxy) is 3. The maximum atomic E-state index is 12.7. The van der Waals surface area contributed by atoms with Crippen LogP contribution in [0.3, 0.4) is 0 Å². The van der Waals surface area contributed by atoms with Gasteiger partial charge in [0.25, 0.3) is 0 Å². The maximum absolute atomic E-state index is 12.7. The van der Waals surface area contributed by atoms with Crippen molar-refractivity contribution in [3.8, 4) is 17.2 Å². The number of ketones is 1. The van der Waals surface area contributed by atoms with Crippen LogP contribution in [-0.2, 0) is 6.61 Å². The molecule has 0 saturated heterocycles. The van der Waals surface area contributed by atoms with Crippen molar-refractivity contribution in [1.29, 1.82) is 0 Å².